The number of hydrogen-bond donors (Lipinski definition) is 1. The van der Waals surface area contributed by atoms with E-state index in [4.69, 9.17) is 8.97 Å². The average Bonchev–Trinajstić information content (AvgIpc) is 2.58. The Hall–Kier alpha value is -0.670. The molecule has 0 unspecified atom stereocenters. The number of rotatable bonds is 4. The minimum atomic E-state index is -3.94. The van der Waals surface area contributed by atoms with Gasteiger partial charge in [0.25, 0.3) is 10.1 Å². The summed E-state index contributed by atoms with van der Waals surface area (Å²) in [5.41, 5.74) is 0.596. The molecule has 2 aromatic rings. The van der Waals surface area contributed by atoms with Gasteiger partial charge in [-0.05, 0) is 47.2 Å². The van der Waals surface area contributed by atoms with Crippen molar-refractivity contribution in [1.29, 1.82) is 0 Å². The summed E-state index contributed by atoms with van der Waals surface area (Å²) in [6.07, 6.45) is 0.643. The molecule has 0 saturated carbocycles. The van der Waals surface area contributed by atoms with Crippen LogP contribution in [-0.2, 0) is 16.5 Å². The van der Waals surface area contributed by atoms with Crippen molar-refractivity contribution in [1.82, 2.24) is 0 Å². The highest BCUT2D eigenvalue weighted by Gasteiger charge is 2.10. The van der Waals surface area contributed by atoms with Crippen molar-refractivity contribution in [3.05, 3.63) is 33.3 Å². The van der Waals surface area contributed by atoms with E-state index < -0.39 is 10.1 Å². The molecule has 1 aromatic heterocycles. The molecule has 0 aliphatic carbocycles. The molecule has 0 amide bonds. The highest BCUT2D eigenvalue weighted by atomic mass is 127. The first-order valence-corrected chi connectivity index (χ1v) is 7.86. The molecular weight excluding hydrogens is 374 g/mol. The summed E-state index contributed by atoms with van der Waals surface area (Å²) < 4.78 is 49.1. The molecule has 0 atom stereocenters. The Bertz CT molecular complexity index is 678. The van der Waals surface area contributed by atoms with E-state index in [1.54, 1.807) is 6.07 Å². The Morgan fingerprint density at radius 3 is 2.72 bits per heavy atom. The van der Waals surface area contributed by atoms with E-state index in [1.807, 2.05) is 22.6 Å². The Labute approximate surface area is 117 Å². The van der Waals surface area contributed by atoms with Crippen molar-refractivity contribution >= 4 is 43.7 Å². The van der Waals surface area contributed by atoms with Crippen LogP contribution in [0.3, 0.4) is 0 Å². The monoisotopic (exact) mass is 384 g/mol. The van der Waals surface area contributed by atoms with Gasteiger partial charge in [-0.2, -0.15) is 8.42 Å². The van der Waals surface area contributed by atoms with Crippen LogP contribution < -0.4 is 0 Å². The second-order valence-electron chi connectivity index (χ2n) is 3.91. The van der Waals surface area contributed by atoms with Gasteiger partial charge in [-0.25, -0.2) is 4.39 Å². The SMILES string of the molecule is O=S(=O)(O)CCCc1cc2cc(F)cc(I)c2o1. The molecule has 1 aromatic carbocycles. The van der Waals surface area contributed by atoms with Crippen molar-refractivity contribution < 1.29 is 21.8 Å². The van der Waals surface area contributed by atoms with Gasteiger partial charge in [0.1, 0.15) is 17.2 Å². The highest BCUT2D eigenvalue weighted by molar-refractivity contribution is 14.1. The number of furan rings is 1. The molecule has 0 radical (unpaired) electrons. The van der Waals surface area contributed by atoms with Crippen molar-refractivity contribution in [3.63, 3.8) is 0 Å². The number of benzene rings is 1. The fourth-order valence-corrected chi connectivity index (χ4v) is 2.91. The van der Waals surface area contributed by atoms with Gasteiger partial charge in [-0.15, -0.1) is 0 Å². The van der Waals surface area contributed by atoms with Gasteiger partial charge in [-0.1, -0.05) is 0 Å². The van der Waals surface area contributed by atoms with E-state index in [2.05, 4.69) is 0 Å². The van der Waals surface area contributed by atoms with Crippen LogP contribution in [-0.4, -0.2) is 18.7 Å². The third-order valence-electron chi connectivity index (χ3n) is 2.41. The summed E-state index contributed by atoms with van der Waals surface area (Å²) in [4.78, 5) is 0. The second-order valence-corrected chi connectivity index (χ2v) is 6.64. The Kier molecular flexibility index (Phi) is 3.93. The Morgan fingerprint density at radius 1 is 1.33 bits per heavy atom. The third-order valence-corrected chi connectivity index (χ3v) is 4.02. The van der Waals surface area contributed by atoms with Gasteiger partial charge in [0.2, 0.25) is 0 Å². The van der Waals surface area contributed by atoms with E-state index in [0.29, 0.717) is 26.7 Å². The lowest BCUT2D eigenvalue weighted by Gasteiger charge is -1.95. The van der Waals surface area contributed by atoms with Crippen LogP contribution in [0.25, 0.3) is 11.0 Å². The Balaban J connectivity index is 2.18. The topological polar surface area (TPSA) is 67.5 Å². The zero-order valence-corrected chi connectivity index (χ0v) is 12.2. The third kappa shape index (κ3) is 3.42. The van der Waals surface area contributed by atoms with E-state index in [9.17, 15) is 12.8 Å². The largest absolute Gasteiger partial charge is 0.460 e. The standard InChI is InChI=1S/C11H10FIO4S/c12-8-4-7-5-9(2-1-3-18(14,15)16)17-11(7)10(13)6-8/h4-6H,1-3H2,(H,14,15,16). The normalized spacial score (nSPS) is 12.2. The lowest BCUT2D eigenvalue weighted by molar-refractivity contribution is 0.478. The van der Waals surface area contributed by atoms with Gasteiger partial charge in [0.15, 0.2) is 0 Å². The van der Waals surface area contributed by atoms with Crippen molar-refractivity contribution in [2.75, 3.05) is 5.75 Å². The van der Waals surface area contributed by atoms with Crippen LogP contribution in [0, 0.1) is 9.39 Å². The Morgan fingerprint density at radius 2 is 2.06 bits per heavy atom. The van der Waals surface area contributed by atoms with E-state index in [-0.39, 0.29) is 18.0 Å². The van der Waals surface area contributed by atoms with Gasteiger partial charge < -0.3 is 4.42 Å². The fraction of sp³-hybridized carbons (Fsp3) is 0.273. The molecule has 1 N–H and O–H groups in total. The molecule has 0 spiro atoms. The van der Waals surface area contributed by atoms with Crippen LogP contribution in [0.15, 0.2) is 22.6 Å². The molecule has 1 heterocycles. The molecule has 98 valence electrons. The predicted molar refractivity (Wildman–Crippen MR) is 73.6 cm³/mol. The van der Waals surface area contributed by atoms with Crippen molar-refractivity contribution in [2.45, 2.75) is 12.8 Å². The van der Waals surface area contributed by atoms with E-state index >= 15 is 0 Å². The molecule has 0 fully saturated rings. The van der Waals surface area contributed by atoms with Gasteiger partial charge in [0, 0.05) is 11.8 Å². The molecule has 2 rings (SSSR count). The summed E-state index contributed by atoms with van der Waals surface area (Å²) in [7, 11) is -3.94. The smallest absolute Gasteiger partial charge is 0.264 e. The van der Waals surface area contributed by atoms with Crippen molar-refractivity contribution in [3.8, 4) is 0 Å². The number of aryl methyl sites for hydroxylation is 1. The molecule has 0 saturated heterocycles. The maximum absolute atomic E-state index is 13.2. The molecular formula is C11H10FIO4S. The molecule has 0 aliphatic heterocycles. The summed E-state index contributed by atoms with van der Waals surface area (Å²) in [5.74, 6) is -0.0653. The van der Waals surface area contributed by atoms with Crippen molar-refractivity contribution in [2.24, 2.45) is 0 Å². The van der Waals surface area contributed by atoms with Gasteiger partial charge in [-0.3, -0.25) is 4.55 Å². The summed E-state index contributed by atoms with van der Waals surface area (Å²) in [6, 6.07) is 4.42. The predicted octanol–water partition coefficient (Wildman–Crippen LogP) is 3.00. The lowest BCUT2D eigenvalue weighted by Crippen LogP contribution is -2.04. The maximum atomic E-state index is 13.2. The fourth-order valence-electron chi connectivity index (χ4n) is 1.68. The molecule has 0 aliphatic rings. The molecule has 7 heteroatoms. The van der Waals surface area contributed by atoms with Crippen LogP contribution >= 0.6 is 22.6 Å². The number of fused-ring (bicyclic) bond motifs is 1. The van der Waals surface area contributed by atoms with Crippen LogP contribution in [0.1, 0.15) is 12.2 Å². The molecule has 4 nitrogen and oxygen atoms in total. The van der Waals surface area contributed by atoms with E-state index in [1.165, 1.54) is 12.1 Å². The summed E-state index contributed by atoms with van der Waals surface area (Å²) in [5, 5.41) is 0.654. The lowest BCUT2D eigenvalue weighted by atomic mass is 10.2. The quantitative estimate of drug-likeness (QED) is 0.650. The zero-order chi connectivity index (χ0) is 13.3. The summed E-state index contributed by atoms with van der Waals surface area (Å²) in [6.45, 7) is 0. The molecule has 0 bridgehead atoms. The summed E-state index contributed by atoms with van der Waals surface area (Å²) >= 11 is 1.98. The first kappa shape index (κ1) is 13.8. The zero-order valence-electron chi connectivity index (χ0n) is 9.19. The minimum Gasteiger partial charge on any atom is -0.460 e. The minimum absolute atomic E-state index is 0.262. The number of halogens is 2. The average molecular weight is 384 g/mol. The first-order chi connectivity index (χ1) is 8.35. The highest BCUT2D eigenvalue weighted by Crippen LogP contribution is 2.26. The van der Waals surface area contributed by atoms with E-state index in [0.717, 1.165) is 0 Å². The van der Waals surface area contributed by atoms with Gasteiger partial charge in [0.05, 0.1) is 9.32 Å². The maximum Gasteiger partial charge on any atom is 0.264 e. The number of hydrogen-bond acceptors (Lipinski definition) is 3. The molecule has 18 heavy (non-hydrogen) atoms. The van der Waals surface area contributed by atoms with Gasteiger partial charge >= 0.3 is 0 Å². The second kappa shape index (κ2) is 5.14. The van der Waals surface area contributed by atoms with Crippen LogP contribution in [0.5, 0.6) is 0 Å². The first-order valence-electron chi connectivity index (χ1n) is 5.18. The van der Waals surface area contributed by atoms with Crippen LogP contribution in [0.2, 0.25) is 0 Å². The van der Waals surface area contributed by atoms with Crippen LogP contribution in [0.4, 0.5) is 4.39 Å².